The van der Waals surface area contributed by atoms with E-state index in [0.29, 0.717) is 26.4 Å². The molecular weight excluding hydrogens is 400 g/mol. The first-order valence-corrected chi connectivity index (χ1v) is 9.78. The summed E-state index contributed by atoms with van der Waals surface area (Å²) in [5.74, 6) is -0.464. The Balaban J connectivity index is 1.62. The largest absolute Gasteiger partial charge is 0.451 e. The molecule has 0 saturated heterocycles. The maximum atomic E-state index is 12.4. The number of rotatable bonds is 6. The number of halogens is 1. The van der Waals surface area contributed by atoms with E-state index in [2.05, 4.69) is 15.4 Å². The third-order valence-electron chi connectivity index (χ3n) is 3.83. The average molecular weight is 419 g/mol. The van der Waals surface area contributed by atoms with Gasteiger partial charge in [-0.2, -0.15) is 5.10 Å². The van der Waals surface area contributed by atoms with E-state index in [1.165, 1.54) is 11.3 Å². The molecule has 9 heteroatoms. The zero-order valence-electron chi connectivity index (χ0n) is 15.6. The second kappa shape index (κ2) is 8.53. The summed E-state index contributed by atoms with van der Waals surface area (Å²) in [7, 11) is 0. The molecule has 146 valence electrons. The fourth-order valence-electron chi connectivity index (χ4n) is 2.50. The fourth-order valence-corrected chi connectivity index (χ4v) is 3.59. The van der Waals surface area contributed by atoms with Gasteiger partial charge in [-0.05, 0) is 32.9 Å². The quantitative estimate of drug-likeness (QED) is 0.601. The molecule has 28 heavy (non-hydrogen) atoms. The second-order valence-corrected chi connectivity index (χ2v) is 7.76. The van der Waals surface area contributed by atoms with Gasteiger partial charge in [0.25, 0.3) is 5.91 Å². The fraction of sp³-hybridized carbons (Fsp3) is 0.263. The first-order valence-electron chi connectivity index (χ1n) is 8.59. The number of amides is 1. The van der Waals surface area contributed by atoms with Gasteiger partial charge in [-0.25, -0.2) is 14.5 Å². The van der Waals surface area contributed by atoms with Gasteiger partial charge < -0.3 is 10.1 Å². The number of hydrogen-bond donors (Lipinski definition) is 1. The molecule has 1 amide bonds. The van der Waals surface area contributed by atoms with Crippen LogP contribution in [0.25, 0.3) is 10.6 Å². The molecule has 2 heterocycles. The zero-order chi connectivity index (χ0) is 20.3. The highest BCUT2D eigenvalue weighted by Crippen LogP contribution is 2.29. The summed E-state index contributed by atoms with van der Waals surface area (Å²) in [6.45, 7) is 5.24. The van der Waals surface area contributed by atoms with Crippen molar-refractivity contribution in [3.8, 4) is 10.6 Å². The van der Waals surface area contributed by atoms with E-state index in [9.17, 15) is 9.59 Å². The highest BCUT2D eigenvalue weighted by atomic mass is 35.5. The summed E-state index contributed by atoms with van der Waals surface area (Å²) in [6, 6.07) is 8.97. The van der Waals surface area contributed by atoms with Gasteiger partial charge in [0.15, 0.2) is 6.61 Å². The first-order chi connectivity index (χ1) is 13.3. The number of esters is 1. The van der Waals surface area contributed by atoms with Gasteiger partial charge in [0.1, 0.15) is 15.7 Å². The average Bonchev–Trinajstić information content (AvgIpc) is 3.27. The molecule has 0 aliphatic carbocycles. The number of nitrogens with one attached hydrogen (secondary N) is 1. The minimum absolute atomic E-state index is 0.0963. The molecule has 0 aliphatic rings. The number of anilines is 1. The van der Waals surface area contributed by atoms with Crippen LogP contribution in [0.1, 0.15) is 35.3 Å². The lowest BCUT2D eigenvalue weighted by molar-refractivity contribution is -0.119. The van der Waals surface area contributed by atoms with Crippen LogP contribution in [-0.4, -0.2) is 33.2 Å². The van der Waals surface area contributed by atoms with Crippen LogP contribution in [0.3, 0.4) is 0 Å². The number of carbonyl (C=O) groups is 2. The molecule has 2 aromatic heterocycles. The van der Waals surface area contributed by atoms with Crippen LogP contribution in [0.5, 0.6) is 0 Å². The number of carbonyl (C=O) groups excluding carboxylic acids is 2. The molecule has 0 radical (unpaired) electrons. The number of benzene rings is 1. The Kier molecular flexibility index (Phi) is 6.11. The molecule has 0 spiro atoms. The second-order valence-electron chi connectivity index (χ2n) is 6.32. The molecule has 0 fully saturated rings. The molecule has 0 unspecified atom stereocenters. The van der Waals surface area contributed by atoms with Gasteiger partial charge in [-0.3, -0.25) is 4.79 Å². The Labute approximate surface area is 171 Å². The number of aryl methyl sites for hydroxylation is 1. The monoisotopic (exact) mass is 418 g/mol. The van der Waals surface area contributed by atoms with E-state index in [1.54, 1.807) is 36.0 Å². The standard InChI is InChI=1S/C19H19ClN4O3S/c1-11(2)24-15(8-9-21-24)23-16(25)10-27-19(26)17-12(3)22-18(28-17)13-4-6-14(20)7-5-13/h4-9,11H,10H2,1-3H3,(H,23,25). The Bertz CT molecular complexity index is 995. The van der Waals surface area contributed by atoms with Gasteiger partial charge in [0.05, 0.1) is 11.9 Å². The van der Waals surface area contributed by atoms with Crippen molar-refractivity contribution in [1.29, 1.82) is 0 Å². The Morgan fingerprint density at radius 1 is 1.25 bits per heavy atom. The highest BCUT2D eigenvalue weighted by Gasteiger charge is 2.19. The maximum Gasteiger partial charge on any atom is 0.350 e. The van der Waals surface area contributed by atoms with Crippen molar-refractivity contribution in [3.05, 3.63) is 52.1 Å². The lowest BCUT2D eigenvalue weighted by Crippen LogP contribution is -2.23. The number of thiazole rings is 1. The van der Waals surface area contributed by atoms with Gasteiger partial charge in [0, 0.05) is 22.7 Å². The molecule has 0 atom stereocenters. The van der Waals surface area contributed by atoms with Crippen molar-refractivity contribution in [2.45, 2.75) is 26.8 Å². The third kappa shape index (κ3) is 4.58. The number of aromatic nitrogens is 3. The summed E-state index contributed by atoms with van der Waals surface area (Å²) in [5, 5.41) is 8.14. The Hall–Kier alpha value is -2.71. The van der Waals surface area contributed by atoms with Crippen molar-refractivity contribution in [1.82, 2.24) is 14.8 Å². The van der Waals surface area contributed by atoms with Gasteiger partial charge in [-0.15, -0.1) is 11.3 Å². The summed E-state index contributed by atoms with van der Waals surface area (Å²) in [5.41, 5.74) is 1.41. The maximum absolute atomic E-state index is 12.4. The van der Waals surface area contributed by atoms with Crippen molar-refractivity contribution in [2.24, 2.45) is 0 Å². The molecule has 0 aliphatic heterocycles. The van der Waals surface area contributed by atoms with Crippen molar-refractivity contribution < 1.29 is 14.3 Å². The molecule has 0 saturated carbocycles. The minimum atomic E-state index is -0.581. The summed E-state index contributed by atoms with van der Waals surface area (Å²) in [6.07, 6.45) is 1.60. The van der Waals surface area contributed by atoms with Crippen LogP contribution in [0.2, 0.25) is 5.02 Å². The van der Waals surface area contributed by atoms with E-state index < -0.39 is 18.5 Å². The van der Waals surface area contributed by atoms with Crippen LogP contribution in [0.4, 0.5) is 5.82 Å². The smallest absolute Gasteiger partial charge is 0.350 e. The SMILES string of the molecule is Cc1nc(-c2ccc(Cl)cc2)sc1C(=O)OCC(=O)Nc1ccnn1C(C)C. The van der Waals surface area contributed by atoms with Gasteiger partial charge >= 0.3 is 5.97 Å². The molecule has 1 aromatic carbocycles. The number of nitrogens with zero attached hydrogens (tertiary/aromatic N) is 3. The van der Waals surface area contributed by atoms with Gasteiger partial charge in [0.2, 0.25) is 0 Å². The van der Waals surface area contributed by atoms with Crippen LogP contribution in [0.15, 0.2) is 36.5 Å². The third-order valence-corrected chi connectivity index (χ3v) is 5.27. The lowest BCUT2D eigenvalue weighted by Gasteiger charge is -2.11. The van der Waals surface area contributed by atoms with Crippen LogP contribution >= 0.6 is 22.9 Å². The molecule has 0 bridgehead atoms. The molecule has 3 rings (SSSR count). The topological polar surface area (TPSA) is 86.1 Å². The number of ether oxygens (including phenoxy) is 1. The van der Waals surface area contributed by atoms with Crippen LogP contribution in [0, 0.1) is 6.92 Å². The van der Waals surface area contributed by atoms with E-state index >= 15 is 0 Å². The van der Waals surface area contributed by atoms with Crippen LogP contribution < -0.4 is 5.32 Å². The number of hydrogen-bond acceptors (Lipinski definition) is 6. The summed E-state index contributed by atoms with van der Waals surface area (Å²) >= 11 is 7.12. The van der Waals surface area contributed by atoms with Crippen molar-refractivity contribution in [3.63, 3.8) is 0 Å². The lowest BCUT2D eigenvalue weighted by atomic mass is 10.2. The van der Waals surface area contributed by atoms with E-state index in [-0.39, 0.29) is 6.04 Å². The van der Waals surface area contributed by atoms with Crippen molar-refractivity contribution in [2.75, 3.05) is 11.9 Å². The molecule has 1 N–H and O–H groups in total. The molecule has 7 nitrogen and oxygen atoms in total. The van der Waals surface area contributed by atoms with Gasteiger partial charge in [-0.1, -0.05) is 23.7 Å². The predicted molar refractivity (Wildman–Crippen MR) is 109 cm³/mol. The summed E-state index contributed by atoms with van der Waals surface area (Å²) in [4.78, 5) is 29.3. The zero-order valence-corrected chi connectivity index (χ0v) is 17.2. The van der Waals surface area contributed by atoms with E-state index in [0.717, 1.165) is 5.56 Å². The summed E-state index contributed by atoms with van der Waals surface area (Å²) < 4.78 is 6.83. The minimum Gasteiger partial charge on any atom is -0.451 e. The molecule has 3 aromatic rings. The Morgan fingerprint density at radius 3 is 2.64 bits per heavy atom. The highest BCUT2D eigenvalue weighted by molar-refractivity contribution is 7.17. The predicted octanol–water partition coefficient (Wildman–Crippen LogP) is 4.34. The Morgan fingerprint density at radius 2 is 1.96 bits per heavy atom. The van der Waals surface area contributed by atoms with E-state index in [1.807, 2.05) is 26.0 Å². The van der Waals surface area contributed by atoms with Crippen LogP contribution in [-0.2, 0) is 9.53 Å². The first kappa shape index (κ1) is 20.0. The van der Waals surface area contributed by atoms with E-state index in [4.69, 9.17) is 16.3 Å². The normalized spacial score (nSPS) is 10.9. The van der Waals surface area contributed by atoms with Crippen molar-refractivity contribution >= 4 is 40.6 Å². The molecular formula is C19H19ClN4O3S.